The van der Waals surface area contributed by atoms with Gasteiger partial charge in [0, 0.05) is 0 Å². The van der Waals surface area contributed by atoms with Gasteiger partial charge < -0.3 is 5.11 Å². The summed E-state index contributed by atoms with van der Waals surface area (Å²) in [5, 5.41) is 10.5. The molecule has 0 aromatic rings. The van der Waals surface area contributed by atoms with Crippen LogP contribution in [0.5, 0.6) is 0 Å². The third-order valence-electron chi connectivity index (χ3n) is 8.19. The van der Waals surface area contributed by atoms with Gasteiger partial charge in [-0.3, -0.25) is 0 Å². The fraction of sp³-hybridized carbons (Fsp3) is 0.800. The van der Waals surface area contributed by atoms with Gasteiger partial charge in [0.1, 0.15) is 0 Å². The third-order valence-corrected chi connectivity index (χ3v) is 9.21. The van der Waals surface area contributed by atoms with E-state index in [-0.39, 0.29) is 11.5 Å². The Morgan fingerprint density at radius 1 is 1.04 bits per heavy atom. The van der Waals surface area contributed by atoms with Crippen LogP contribution < -0.4 is 0 Å². The molecule has 1 N–H and O–H groups in total. The largest absolute Gasteiger partial charge is 0.393 e. The minimum atomic E-state index is -0.0524. The minimum Gasteiger partial charge on any atom is -0.393 e. The molecule has 0 amide bonds. The first-order valence-corrected chi connectivity index (χ1v) is 10.9. The van der Waals surface area contributed by atoms with Crippen LogP contribution in [-0.2, 0) is 0 Å². The molecule has 0 unspecified atom stereocenters. The lowest BCUT2D eigenvalue weighted by atomic mass is 9.47. The van der Waals surface area contributed by atoms with Crippen molar-refractivity contribution in [2.75, 3.05) is 0 Å². The van der Waals surface area contributed by atoms with Crippen LogP contribution in [-0.4, -0.2) is 11.2 Å². The van der Waals surface area contributed by atoms with Gasteiger partial charge in [0.15, 0.2) is 0 Å². The summed E-state index contributed by atoms with van der Waals surface area (Å²) in [5.74, 6) is 2.43. The molecule has 23 heavy (non-hydrogen) atoms. The van der Waals surface area contributed by atoms with E-state index in [1.165, 1.54) is 50.5 Å². The molecule has 4 aliphatic carbocycles. The third kappa shape index (κ3) is 2.39. The van der Waals surface area contributed by atoms with Crippen LogP contribution >= 0.6 is 31.9 Å². The number of hydrogen-bond donors (Lipinski definition) is 1. The molecule has 0 aromatic carbocycles. The first-order chi connectivity index (χ1) is 10.9. The minimum absolute atomic E-state index is 0.0524. The predicted molar refractivity (Wildman–Crippen MR) is 103 cm³/mol. The van der Waals surface area contributed by atoms with E-state index in [2.05, 4.69) is 51.8 Å². The topological polar surface area (TPSA) is 20.2 Å². The molecular formula is C20H28Br2O. The summed E-state index contributed by atoms with van der Waals surface area (Å²) in [6, 6.07) is 0. The highest BCUT2D eigenvalue weighted by Gasteiger charge is 2.58. The van der Waals surface area contributed by atoms with Crippen LogP contribution in [0.15, 0.2) is 20.6 Å². The maximum absolute atomic E-state index is 10.5. The van der Waals surface area contributed by atoms with E-state index in [0.29, 0.717) is 5.41 Å². The molecule has 0 aromatic heterocycles. The highest BCUT2D eigenvalue weighted by atomic mass is 79.9. The van der Waals surface area contributed by atoms with Crippen molar-refractivity contribution in [1.82, 2.24) is 0 Å². The fourth-order valence-electron chi connectivity index (χ4n) is 6.71. The van der Waals surface area contributed by atoms with Crippen molar-refractivity contribution in [2.24, 2.45) is 28.6 Å². The first kappa shape index (κ1) is 16.8. The molecule has 3 heteroatoms. The molecule has 0 aliphatic heterocycles. The van der Waals surface area contributed by atoms with Crippen LogP contribution in [0.2, 0.25) is 0 Å². The lowest BCUT2D eigenvalue weighted by molar-refractivity contribution is -0.0727. The highest BCUT2D eigenvalue weighted by molar-refractivity contribution is 9.28. The van der Waals surface area contributed by atoms with Gasteiger partial charge in [-0.25, -0.2) is 0 Å². The number of fused-ring (bicyclic) bond motifs is 5. The molecule has 0 spiro atoms. The quantitative estimate of drug-likeness (QED) is 0.464. The van der Waals surface area contributed by atoms with Gasteiger partial charge in [-0.05, 0) is 117 Å². The van der Waals surface area contributed by atoms with Crippen LogP contribution in [0.3, 0.4) is 0 Å². The molecule has 6 atom stereocenters. The average molecular weight is 444 g/mol. The Labute approximate surface area is 157 Å². The Bertz CT molecular complexity index is 576. The first-order valence-electron chi connectivity index (χ1n) is 9.29. The second kappa shape index (κ2) is 5.71. The normalized spacial score (nSPS) is 49.1. The molecular weight excluding hydrogens is 416 g/mol. The molecule has 0 saturated heterocycles. The van der Waals surface area contributed by atoms with Crippen LogP contribution in [0.1, 0.15) is 65.2 Å². The Balaban J connectivity index is 1.68. The number of aliphatic hydroxyl groups excluding tert-OH is 1. The highest BCUT2D eigenvalue weighted by Crippen LogP contribution is 2.65. The van der Waals surface area contributed by atoms with Gasteiger partial charge in [-0.15, -0.1) is 0 Å². The zero-order valence-electron chi connectivity index (χ0n) is 14.2. The van der Waals surface area contributed by atoms with Gasteiger partial charge in [-0.2, -0.15) is 0 Å². The van der Waals surface area contributed by atoms with Gasteiger partial charge >= 0.3 is 0 Å². The van der Waals surface area contributed by atoms with E-state index >= 15 is 0 Å². The fourth-order valence-corrected chi connectivity index (χ4v) is 7.33. The molecule has 0 radical (unpaired) electrons. The number of halogens is 2. The maximum Gasteiger partial charge on any atom is 0.0636 e. The smallest absolute Gasteiger partial charge is 0.0636 e. The van der Waals surface area contributed by atoms with Crippen molar-refractivity contribution in [2.45, 2.75) is 71.3 Å². The van der Waals surface area contributed by atoms with E-state index in [9.17, 15) is 5.11 Å². The van der Waals surface area contributed by atoms with E-state index in [0.717, 1.165) is 27.6 Å². The van der Waals surface area contributed by atoms with Gasteiger partial charge in [0.25, 0.3) is 0 Å². The zero-order valence-corrected chi connectivity index (χ0v) is 17.4. The standard InChI is InChI=1S/C20H28Br2O/c1-19-9-7-12(18(21)22)11-13(19)3-4-14-15-5-6-17(23)20(15,2)10-8-16(14)19/h11,14-17,23H,3-10H2,1-2H3/t14-,15-,16-,17-,19-,20-/m0/s1. The molecule has 128 valence electrons. The second-order valence-electron chi connectivity index (χ2n) is 8.93. The number of aliphatic hydroxyl groups is 1. The van der Waals surface area contributed by atoms with E-state index in [4.69, 9.17) is 0 Å². The van der Waals surface area contributed by atoms with Gasteiger partial charge in [0.2, 0.25) is 0 Å². The van der Waals surface area contributed by atoms with Crippen molar-refractivity contribution < 1.29 is 5.11 Å². The van der Waals surface area contributed by atoms with Crippen LogP contribution in [0, 0.1) is 28.6 Å². The van der Waals surface area contributed by atoms with E-state index in [1.807, 2.05) is 0 Å². The second-order valence-corrected chi connectivity index (χ2v) is 11.6. The van der Waals surface area contributed by atoms with Crippen LogP contribution in [0.25, 0.3) is 0 Å². The SMILES string of the molecule is C[C@]12CC[C@H]3[C@@H](CCC4=CC(=C(Br)Br)CC[C@@]43C)[C@@H]1CC[C@@H]2O. The van der Waals surface area contributed by atoms with E-state index < -0.39 is 0 Å². The molecule has 4 aliphatic rings. The number of rotatable bonds is 0. The lowest BCUT2D eigenvalue weighted by Crippen LogP contribution is -2.50. The van der Waals surface area contributed by atoms with Crippen molar-refractivity contribution in [3.8, 4) is 0 Å². The Morgan fingerprint density at radius 3 is 2.57 bits per heavy atom. The number of allylic oxidation sites excluding steroid dienone is 3. The molecule has 0 heterocycles. The summed E-state index contributed by atoms with van der Waals surface area (Å²) in [4.78, 5) is 0. The molecule has 1 nitrogen and oxygen atoms in total. The monoisotopic (exact) mass is 442 g/mol. The molecule has 4 rings (SSSR count). The molecule has 0 bridgehead atoms. The van der Waals surface area contributed by atoms with E-state index in [1.54, 1.807) is 5.57 Å². The average Bonchev–Trinajstić information content (AvgIpc) is 2.82. The predicted octanol–water partition coefficient (Wildman–Crippen LogP) is 6.31. The summed E-state index contributed by atoms with van der Waals surface area (Å²) < 4.78 is 1.14. The summed E-state index contributed by atoms with van der Waals surface area (Å²) in [5.41, 5.74) is 3.74. The van der Waals surface area contributed by atoms with Crippen LogP contribution in [0.4, 0.5) is 0 Å². The Morgan fingerprint density at radius 2 is 1.83 bits per heavy atom. The lowest BCUT2D eigenvalue weighted by Gasteiger charge is -2.58. The summed E-state index contributed by atoms with van der Waals surface area (Å²) >= 11 is 7.23. The van der Waals surface area contributed by atoms with Crippen molar-refractivity contribution in [1.29, 1.82) is 0 Å². The molecule has 3 fully saturated rings. The summed E-state index contributed by atoms with van der Waals surface area (Å²) in [6.07, 6.45) is 12.3. The summed E-state index contributed by atoms with van der Waals surface area (Å²) in [6.45, 7) is 4.92. The maximum atomic E-state index is 10.5. The molecule has 3 saturated carbocycles. The zero-order chi connectivity index (χ0) is 16.4. The number of hydrogen-bond acceptors (Lipinski definition) is 1. The Kier molecular flexibility index (Phi) is 4.18. The van der Waals surface area contributed by atoms with Crippen molar-refractivity contribution in [3.63, 3.8) is 0 Å². The summed E-state index contributed by atoms with van der Waals surface area (Å²) in [7, 11) is 0. The van der Waals surface area contributed by atoms with Gasteiger partial charge in [0.05, 0.1) is 9.50 Å². The van der Waals surface area contributed by atoms with Crippen molar-refractivity contribution >= 4 is 31.9 Å². The van der Waals surface area contributed by atoms with Crippen molar-refractivity contribution in [3.05, 3.63) is 20.6 Å². The Hall–Kier alpha value is 0.400. The van der Waals surface area contributed by atoms with Gasteiger partial charge in [-0.1, -0.05) is 25.5 Å².